The minimum Gasteiger partial charge on any atom is -0.870 e. The predicted octanol–water partition coefficient (Wildman–Crippen LogP) is -6.23. The summed E-state index contributed by atoms with van der Waals surface area (Å²) in [5, 5.41) is 91.7. The minimum atomic E-state index is -2.60. The first-order valence-electron chi connectivity index (χ1n) is 28.9. The minimum absolute atomic E-state index is 0. The zero-order valence-electron chi connectivity index (χ0n) is 51.5. The summed E-state index contributed by atoms with van der Waals surface area (Å²) in [5.41, 5.74) is 4.19. The van der Waals surface area contributed by atoms with Crippen LogP contribution in [0.25, 0.3) is 22.3 Å². The van der Waals surface area contributed by atoms with Crippen molar-refractivity contribution in [2.24, 2.45) is 0 Å². The smallest absolute Gasteiger partial charge is 0.870 e. The number of ketones is 1. The number of ether oxygens (including phenoxy) is 4. The Kier molecular flexibility index (Phi) is 36.1. The standard InChI is InChI=1S/C63H76N5O19S2.2Na.H2O/c1-39(70)67-53-48(73)34-62(38-69,86-57(53)55(78)50(75)36-65-59(80)45-21-17-43(18-22-45)41-12-5-3-6-13-41)84-28-10-32-89-33-27-64-52(77)26-25-47(72)16-9-30-88-31-11-29-85-63(61(82)83)35-49(74)54(68-40(2)71)58(87-63)56(79)51(76)37-66-60(81)46-23-19-44(20-24-46)42-14-7-4-8-15-42;;;/h3-8,12-15,17-24,48-51,53-58,73-76,78-79H,9-11,16,27-37H2,1-2H3,(H,64,77)(H,65,80)(H,66,81)(H,67,70)(H,68,71)(H,82,83);;;1H2/q-1;2*+1;/p-2/t48-,49-,50+,51+,53+,54+,55+,56+,57+,58+,62+,63+;;;/m0.../s1. The molecular weight excluding hydrogens is 1260 g/mol. The van der Waals surface area contributed by atoms with E-state index < -0.39 is 140 Å². The largest absolute Gasteiger partial charge is 1.00 e. The first-order valence-corrected chi connectivity index (χ1v) is 31.2. The van der Waals surface area contributed by atoms with Crippen LogP contribution in [0.1, 0.15) is 73.1 Å². The summed E-state index contributed by atoms with van der Waals surface area (Å²) in [6, 6.07) is 29.7. The maximum Gasteiger partial charge on any atom is 1.00 e. The van der Waals surface area contributed by atoms with Gasteiger partial charge in [0, 0.05) is 82.2 Å². The molecule has 4 aromatic carbocycles. The fourth-order valence-electron chi connectivity index (χ4n) is 9.76. The van der Waals surface area contributed by atoms with E-state index in [-0.39, 0.29) is 108 Å². The van der Waals surface area contributed by atoms with Crippen molar-refractivity contribution in [2.75, 3.05) is 55.9 Å². The quantitative estimate of drug-likeness (QED) is 0.00695. The Morgan fingerprint density at radius 1 is 0.609 bits per heavy atom. The van der Waals surface area contributed by atoms with Crippen LogP contribution in [-0.2, 0) is 47.7 Å². The molecule has 25 nitrogen and oxygen atoms in total. The van der Waals surface area contributed by atoms with Crippen molar-refractivity contribution in [2.45, 2.75) is 125 Å². The maximum absolute atomic E-state index is 13.0. The van der Waals surface area contributed by atoms with E-state index in [1.165, 1.54) is 30.4 Å². The number of carboxylic acids is 1. The number of rotatable bonds is 33. The van der Waals surface area contributed by atoms with Crippen molar-refractivity contribution in [3.05, 3.63) is 120 Å². The molecule has 6 rings (SSSR count). The Bertz CT molecular complexity index is 3070. The molecule has 2 heterocycles. The van der Waals surface area contributed by atoms with Crippen LogP contribution in [0.5, 0.6) is 0 Å². The normalized spacial score (nSPS) is 22.0. The van der Waals surface area contributed by atoms with Crippen LogP contribution in [0.4, 0.5) is 0 Å². The van der Waals surface area contributed by atoms with Gasteiger partial charge in [-0.05, 0) is 89.0 Å². The number of carbonyl (C=O) groups is 7. The van der Waals surface area contributed by atoms with Gasteiger partial charge in [-0.2, -0.15) is 23.5 Å². The first kappa shape index (κ1) is 81.1. The number of aliphatic hydroxyl groups is 6. The van der Waals surface area contributed by atoms with Crippen LogP contribution in [0.15, 0.2) is 109 Å². The van der Waals surface area contributed by atoms with Crippen LogP contribution in [0.3, 0.4) is 0 Å². The Hall–Kier alpha value is -5.14. The van der Waals surface area contributed by atoms with Crippen molar-refractivity contribution < 1.29 is 158 Å². The van der Waals surface area contributed by atoms with Gasteiger partial charge in [0.25, 0.3) is 17.7 Å². The molecule has 0 radical (unpaired) electrons. The van der Waals surface area contributed by atoms with E-state index in [0.717, 1.165) is 29.2 Å². The zero-order chi connectivity index (χ0) is 64.5. The van der Waals surface area contributed by atoms with E-state index in [0.29, 0.717) is 35.9 Å². The van der Waals surface area contributed by atoms with E-state index >= 15 is 0 Å². The fourth-order valence-corrected chi connectivity index (χ4v) is 11.4. The Morgan fingerprint density at radius 2 is 1.04 bits per heavy atom. The molecule has 2 saturated heterocycles. The van der Waals surface area contributed by atoms with Gasteiger partial charge >= 0.3 is 59.1 Å². The second kappa shape index (κ2) is 41.0. The number of carboxylic acid groups (broad SMARTS) is 1. The molecule has 0 aliphatic carbocycles. The third-order valence-corrected chi connectivity index (χ3v) is 16.6. The van der Waals surface area contributed by atoms with E-state index in [9.17, 15) is 74.1 Å². The molecule has 92 heavy (non-hydrogen) atoms. The summed E-state index contributed by atoms with van der Waals surface area (Å²) in [7, 11) is 0. The van der Waals surface area contributed by atoms with Gasteiger partial charge in [-0.1, -0.05) is 84.9 Å². The molecule has 0 unspecified atom stereocenters. The molecule has 12 N–H and O–H groups in total. The van der Waals surface area contributed by atoms with E-state index in [1.54, 1.807) is 54.8 Å². The topological polar surface area (TPSA) is 408 Å². The Labute approximate surface area is 585 Å². The molecule has 2 aliphatic heterocycles. The number of thioether (sulfide) groups is 2. The van der Waals surface area contributed by atoms with Gasteiger partial charge in [-0.3, -0.25) is 28.8 Å². The number of hydrogen-bond donors (Lipinski definition) is 11. The van der Waals surface area contributed by atoms with Gasteiger partial charge in [0.2, 0.25) is 23.4 Å². The molecule has 0 spiro atoms. The van der Waals surface area contributed by atoms with Crippen molar-refractivity contribution in [3.63, 3.8) is 0 Å². The van der Waals surface area contributed by atoms with Gasteiger partial charge < -0.3 is 96.3 Å². The summed E-state index contributed by atoms with van der Waals surface area (Å²) >= 11 is 2.84. The maximum atomic E-state index is 13.0. The molecule has 0 aromatic heterocycles. The summed E-state index contributed by atoms with van der Waals surface area (Å²) < 4.78 is 23.0. The number of Topliss-reactive ketones (excluding diaryl/α,β-unsaturated/α-hetero) is 1. The van der Waals surface area contributed by atoms with Crippen molar-refractivity contribution in [1.82, 2.24) is 26.6 Å². The van der Waals surface area contributed by atoms with E-state index in [2.05, 4.69) is 38.4 Å². The molecule has 488 valence electrons. The van der Waals surface area contributed by atoms with Crippen LogP contribution >= 0.6 is 23.5 Å². The Balaban J connectivity index is 0.00000736. The molecule has 5 amide bonds. The number of nitrogens with one attached hydrogen (secondary N) is 5. The molecule has 0 bridgehead atoms. The molecule has 2 aliphatic rings. The third kappa shape index (κ3) is 24.9. The van der Waals surface area contributed by atoms with Gasteiger partial charge in [0.05, 0.1) is 48.9 Å². The monoisotopic (exact) mass is 1330 g/mol. The van der Waals surface area contributed by atoms with Gasteiger partial charge in [0.1, 0.15) is 30.4 Å². The molecule has 0 saturated carbocycles. The van der Waals surface area contributed by atoms with E-state index in [4.69, 9.17) is 18.9 Å². The zero-order valence-corrected chi connectivity index (χ0v) is 57.2. The first-order chi connectivity index (χ1) is 42.6. The number of benzene rings is 4. The summed E-state index contributed by atoms with van der Waals surface area (Å²) in [5.74, 6) is -3.73. The van der Waals surface area contributed by atoms with Crippen molar-refractivity contribution >= 4 is 71.1 Å². The predicted molar refractivity (Wildman–Crippen MR) is 328 cm³/mol. The van der Waals surface area contributed by atoms with Crippen LogP contribution in [-0.4, -0.2) is 212 Å². The van der Waals surface area contributed by atoms with Crippen molar-refractivity contribution in [1.29, 1.82) is 0 Å². The average Bonchev–Trinajstić information content (AvgIpc) is 0.783. The number of amides is 5. The van der Waals surface area contributed by atoms with Crippen molar-refractivity contribution in [3.8, 4) is 34.1 Å². The SMILES string of the molecule is CC(=O)N[C@H]1[C@H]([C@H](O)[C@H](O)CNC(=O)c2ccc(-c3ccccc3)cc2)O[C@]([C-]=O)(OCCCSCCNC(=O)C#CC(=O)CCCSCCCO[C@]2(C(=O)[O-])C[C@H](O)[C@@H](NC(C)=O)[C@H]([C@H](O)[C@H](O)CNC(=O)c3ccc(-c4ccccc4)cc3)O2)C[C@@H]1O.[Na+].[Na+].[OH-]. The number of carbonyl (C=O) groups excluding carboxylic acids is 8. The molecule has 29 heteroatoms. The average molecular weight is 1330 g/mol. The summed E-state index contributed by atoms with van der Waals surface area (Å²) in [6.45, 7) is 1.23. The molecule has 12 atom stereocenters. The number of aliphatic carboxylic acids is 1. The van der Waals surface area contributed by atoms with Gasteiger partial charge in [-0.25, -0.2) is 6.29 Å². The third-order valence-electron chi connectivity index (χ3n) is 14.3. The van der Waals surface area contributed by atoms with E-state index in [1.807, 2.05) is 60.7 Å². The second-order valence-corrected chi connectivity index (χ2v) is 23.6. The fraction of sp³-hybridized carbons (Fsp3) is 0.460. The Morgan fingerprint density at radius 3 is 1.51 bits per heavy atom. The van der Waals surface area contributed by atoms with Gasteiger partial charge in [0.15, 0.2) is 0 Å². The van der Waals surface area contributed by atoms with Gasteiger partial charge in [-0.15, -0.1) is 0 Å². The summed E-state index contributed by atoms with van der Waals surface area (Å²) in [6.07, 6.45) is -12.1. The number of hydrogen-bond acceptors (Lipinski definition) is 22. The van der Waals surface area contributed by atoms with Crippen LogP contribution in [0, 0.1) is 11.8 Å². The molecule has 2 fully saturated rings. The van der Waals surface area contributed by atoms with Crippen LogP contribution < -0.4 is 90.8 Å². The van der Waals surface area contributed by atoms with Crippen LogP contribution in [0.2, 0.25) is 0 Å². The number of aliphatic hydroxyl groups excluding tert-OH is 6. The molecule has 4 aromatic rings. The summed E-state index contributed by atoms with van der Waals surface area (Å²) in [4.78, 5) is 99.7. The second-order valence-electron chi connectivity index (χ2n) is 21.1. The molecular formula is C63H76N5Na2O20S2-.